The Hall–Kier alpha value is -7.41. The van der Waals surface area contributed by atoms with E-state index in [9.17, 15) is 2.74 Å². The molecule has 12 rings (SSSR count). The molecule has 0 radical (unpaired) electrons. The average molecular weight is 753 g/mol. The lowest BCUT2D eigenvalue weighted by Gasteiger charge is -2.17. The molecular weight excluding hydrogens is 717 g/mol. The fourth-order valence-corrected chi connectivity index (χ4v) is 9.24. The molecule has 6 heteroatoms. The Kier molecular flexibility index (Phi) is 5.82. The molecule has 0 aliphatic rings. The van der Waals surface area contributed by atoms with Crippen molar-refractivity contribution < 1.29 is 12.6 Å². The van der Waals surface area contributed by atoms with Gasteiger partial charge in [0.15, 0.2) is 17.5 Å². The van der Waals surface area contributed by atoms with Crippen molar-refractivity contribution in [2.45, 2.75) is 0 Å². The third kappa shape index (κ3) is 5.04. The Labute approximate surface area is 339 Å². The van der Waals surface area contributed by atoms with Gasteiger partial charge in [0.25, 0.3) is 0 Å². The second kappa shape index (κ2) is 12.6. The van der Waals surface area contributed by atoms with Gasteiger partial charge in [0.1, 0.15) is 11.2 Å². The predicted octanol–water partition coefficient (Wildman–Crippen LogP) is 13.9. The summed E-state index contributed by atoms with van der Waals surface area (Å²) in [7, 11) is 0. The molecule has 0 saturated heterocycles. The number of para-hydroxylation sites is 3. The maximum atomic E-state index is 9.33. The lowest BCUT2D eigenvalue weighted by molar-refractivity contribution is 0.669. The third-order valence-corrected chi connectivity index (χ3v) is 11.8. The lowest BCUT2D eigenvalue weighted by Crippen LogP contribution is -2.02. The van der Waals surface area contributed by atoms with Gasteiger partial charge in [-0.05, 0) is 48.5 Å². The summed E-state index contributed by atoms with van der Waals surface area (Å²) >= 11 is 1.68. The van der Waals surface area contributed by atoms with E-state index in [1.165, 1.54) is 12.1 Å². The number of fused-ring (bicyclic) bond motifs is 9. The Bertz CT molecular complexity index is 3830. The summed E-state index contributed by atoms with van der Waals surface area (Å²) < 4.78 is 64.3. The highest BCUT2D eigenvalue weighted by Gasteiger charge is 2.21. The largest absolute Gasteiger partial charge is 0.456 e. The Morgan fingerprint density at radius 1 is 0.456 bits per heavy atom. The van der Waals surface area contributed by atoms with Gasteiger partial charge in [0.2, 0.25) is 0 Å². The summed E-state index contributed by atoms with van der Waals surface area (Å²) in [6.07, 6.45) is 0. The molecule has 0 amide bonds. The van der Waals surface area contributed by atoms with E-state index in [4.69, 9.17) is 24.9 Å². The van der Waals surface area contributed by atoms with Gasteiger partial charge in [0.05, 0.1) is 24.9 Å². The summed E-state index contributed by atoms with van der Waals surface area (Å²) in [6.45, 7) is 0. The smallest absolute Gasteiger partial charge is 0.164 e. The molecule has 0 N–H and O–H groups in total. The van der Waals surface area contributed by atoms with Gasteiger partial charge in [-0.25, -0.2) is 15.0 Å². The monoisotopic (exact) mass is 752 g/mol. The van der Waals surface area contributed by atoms with Gasteiger partial charge < -0.3 is 8.98 Å². The van der Waals surface area contributed by atoms with Crippen LogP contribution in [0, 0.1) is 0 Å². The van der Waals surface area contributed by atoms with Crippen LogP contribution in [0.3, 0.4) is 0 Å². The molecule has 4 aromatic heterocycles. The van der Waals surface area contributed by atoms with Crippen LogP contribution in [0.25, 0.3) is 115 Å². The van der Waals surface area contributed by atoms with Crippen LogP contribution in [0.2, 0.25) is 0 Å². The van der Waals surface area contributed by atoms with Crippen LogP contribution in [0.1, 0.15) is 8.22 Å². The zero-order valence-corrected chi connectivity index (χ0v) is 30.8. The fraction of sp³-hybridized carbons (Fsp3) is 0. The highest BCUT2D eigenvalue weighted by atomic mass is 32.1. The third-order valence-electron chi connectivity index (χ3n) is 10.6. The van der Waals surface area contributed by atoms with E-state index >= 15 is 0 Å². The maximum absolute atomic E-state index is 9.33. The molecule has 57 heavy (non-hydrogen) atoms. The molecule has 0 atom stereocenters. The Morgan fingerprint density at radius 3 is 1.88 bits per heavy atom. The Morgan fingerprint density at radius 2 is 1.09 bits per heavy atom. The molecule has 0 fully saturated rings. The minimum Gasteiger partial charge on any atom is -0.456 e. The van der Waals surface area contributed by atoms with Crippen molar-refractivity contribution in [3.63, 3.8) is 0 Å². The first-order chi connectivity index (χ1) is 30.7. The first kappa shape index (κ1) is 26.4. The highest BCUT2D eigenvalue weighted by molar-refractivity contribution is 7.26. The first-order valence-electron chi connectivity index (χ1n) is 21.5. The standard InChI is InChI=1S/C51H30N4OS/c1-2-13-31(14-3-1)49-52-50(32-26-28-46-41(29-32)37-17-6-10-23-45(37)56-46)54-51(53-49)33-25-27-36(39-19-12-20-40-38-18-7-11-24-47(38)57-48(39)40)44(30-33)55-42-21-8-4-15-34(42)35-16-5-9-22-43(35)55/h1-30H/i4D,5D,15D,16D,21D,22D. The topological polar surface area (TPSA) is 56.7 Å². The van der Waals surface area contributed by atoms with Crippen molar-refractivity contribution in [1.29, 1.82) is 0 Å². The van der Waals surface area contributed by atoms with Crippen LogP contribution in [0.15, 0.2) is 186 Å². The van der Waals surface area contributed by atoms with Gasteiger partial charge in [-0.1, -0.05) is 133 Å². The number of hydrogen-bond acceptors (Lipinski definition) is 5. The van der Waals surface area contributed by atoms with Crippen molar-refractivity contribution in [3.05, 3.63) is 182 Å². The quantitative estimate of drug-likeness (QED) is 0.176. The summed E-state index contributed by atoms with van der Waals surface area (Å²) in [6, 6.07) is 45.8. The van der Waals surface area contributed by atoms with Crippen molar-refractivity contribution in [1.82, 2.24) is 19.5 Å². The summed E-state index contributed by atoms with van der Waals surface area (Å²) in [5.74, 6) is 1.30. The van der Waals surface area contributed by atoms with Gasteiger partial charge >= 0.3 is 0 Å². The lowest BCUT2D eigenvalue weighted by atomic mass is 9.98. The van der Waals surface area contributed by atoms with Crippen LogP contribution in [-0.4, -0.2) is 19.5 Å². The molecule has 8 aromatic carbocycles. The van der Waals surface area contributed by atoms with E-state index in [1.807, 2.05) is 109 Å². The van der Waals surface area contributed by atoms with E-state index in [-0.39, 0.29) is 58.1 Å². The zero-order chi connectivity index (χ0) is 42.7. The number of thiophene rings is 1. The molecule has 5 nitrogen and oxygen atoms in total. The second-order valence-corrected chi connectivity index (χ2v) is 14.9. The fourth-order valence-electron chi connectivity index (χ4n) is 8.01. The first-order valence-corrected chi connectivity index (χ1v) is 19.3. The van der Waals surface area contributed by atoms with Crippen molar-refractivity contribution in [3.8, 4) is 51.0 Å². The van der Waals surface area contributed by atoms with Crippen LogP contribution >= 0.6 is 11.3 Å². The molecule has 0 unspecified atom stereocenters. The minimum absolute atomic E-state index is 0.0417. The number of benzene rings is 8. The average Bonchev–Trinajstić information content (AvgIpc) is 4.00. The van der Waals surface area contributed by atoms with Crippen LogP contribution in [-0.2, 0) is 0 Å². The summed E-state index contributed by atoms with van der Waals surface area (Å²) in [5.41, 5.74) is 6.50. The summed E-state index contributed by atoms with van der Waals surface area (Å²) in [5, 5.41) is 4.50. The van der Waals surface area contributed by atoms with Gasteiger partial charge in [-0.15, -0.1) is 11.3 Å². The van der Waals surface area contributed by atoms with Gasteiger partial charge in [-0.3, -0.25) is 0 Å². The van der Waals surface area contributed by atoms with Gasteiger partial charge in [-0.2, -0.15) is 0 Å². The zero-order valence-electron chi connectivity index (χ0n) is 36.0. The number of hydrogen-bond donors (Lipinski definition) is 0. The predicted molar refractivity (Wildman–Crippen MR) is 236 cm³/mol. The molecule has 266 valence electrons. The number of rotatable bonds is 5. The van der Waals surface area contributed by atoms with Crippen LogP contribution < -0.4 is 0 Å². The molecule has 0 aliphatic carbocycles. The Balaban J connectivity index is 1.18. The number of aromatic nitrogens is 4. The van der Waals surface area contributed by atoms with Crippen LogP contribution in [0.4, 0.5) is 0 Å². The van der Waals surface area contributed by atoms with Crippen molar-refractivity contribution in [2.75, 3.05) is 0 Å². The molecule has 0 saturated carbocycles. The number of nitrogens with zero attached hydrogens (tertiary/aromatic N) is 4. The highest BCUT2D eigenvalue weighted by Crippen LogP contribution is 2.44. The molecule has 4 heterocycles. The molecule has 0 bridgehead atoms. The normalized spacial score (nSPS) is 13.3. The van der Waals surface area contributed by atoms with E-state index < -0.39 is 0 Å². The number of furan rings is 1. The summed E-state index contributed by atoms with van der Waals surface area (Å²) in [4.78, 5) is 15.2. The van der Waals surface area contributed by atoms with Crippen molar-refractivity contribution >= 4 is 75.3 Å². The van der Waals surface area contributed by atoms with Crippen LogP contribution in [0.5, 0.6) is 0 Å². The molecule has 0 aliphatic heterocycles. The van der Waals surface area contributed by atoms with Crippen molar-refractivity contribution in [2.24, 2.45) is 0 Å². The van der Waals surface area contributed by atoms with E-state index in [2.05, 4.69) is 24.3 Å². The molecular formula is C51H30N4OS. The maximum Gasteiger partial charge on any atom is 0.164 e. The van der Waals surface area contributed by atoms with E-state index in [0.29, 0.717) is 28.7 Å². The van der Waals surface area contributed by atoms with E-state index in [0.717, 1.165) is 64.4 Å². The molecule has 0 spiro atoms. The second-order valence-electron chi connectivity index (χ2n) is 13.9. The van der Waals surface area contributed by atoms with Gasteiger partial charge in [0, 0.05) is 69.5 Å². The van der Waals surface area contributed by atoms with E-state index in [1.54, 1.807) is 15.9 Å². The molecule has 12 aromatic rings. The SMILES string of the molecule is [2H]c1cc([2H])c2c(c1[2H])c1c([2H])c([2H])cc([2H])c1n2-c1cc(-c2nc(-c3ccccc3)nc(-c3ccc4oc5ccccc5c4c3)n2)ccc1-c1cccc2c1sc1ccccc12. The minimum atomic E-state index is -0.176.